The van der Waals surface area contributed by atoms with Crippen LogP contribution in [0, 0.1) is 24.2 Å². The summed E-state index contributed by atoms with van der Waals surface area (Å²) in [6.07, 6.45) is 4.84. The number of carbonyl (C=O) groups is 2. The summed E-state index contributed by atoms with van der Waals surface area (Å²) >= 11 is 6.19. The fraction of sp³-hybridized carbons (Fsp3) is 0.583. The number of pyridine rings is 1. The highest BCUT2D eigenvalue weighted by Crippen LogP contribution is 2.53. The fourth-order valence-electron chi connectivity index (χ4n) is 3.64. The van der Waals surface area contributed by atoms with Crippen molar-refractivity contribution >= 4 is 48.2 Å². The first kappa shape index (κ1) is 32.7. The van der Waals surface area contributed by atoms with Crippen LogP contribution in [0.1, 0.15) is 33.9 Å². The highest BCUT2D eigenvalue weighted by atomic mass is 35.5. The Labute approximate surface area is 240 Å². The first-order valence-electron chi connectivity index (χ1n) is 12.3. The van der Waals surface area contributed by atoms with E-state index in [4.69, 9.17) is 51.5 Å². The second-order valence-electron chi connectivity index (χ2n) is 9.72. The molecule has 0 spiro atoms. The Morgan fingerprint density at radius 2 is 1.78 bits per heavy atom. The maximum atomic E-state index is 13.4. The molecule has 41 heavy (non-hydrogen) atoms. The topological polar surface area (TPSA) is 204 Å². The molecule has 0 amide bonds. The number of ether oxygens (including phenoxy) is 3. The van der Waals surface area contributed by atoms with E-state index in [0.29, 0.717) is 0 Å². The van der Waals surface area contributed by atoms with E-state index in [1.54, 1.807) is 27.7 Å². The Morgan fingerprint density at radius 3 is 2.29 bits per heavy atom. The van der Waals surface area contributed by atoms with Gasteiger partial charge in [-0.15, -0.1) is 18.0 Å². The van der Waals surface area contributed by atoms with Crippen LogP contribution in [-0.4, -0.2) is 80.1 Å². The summed E-state index contributed by atoms with van der Waals surface area (Å²) in [5.74, 6) is -0.791. The molecular weight excluding hydrogens is 587 g/mol. The van der Waals surface area contributed by atoms with Gasteiger partial charge in [-0.1, -0.05) is 33.6 Å². The first-order chi connectivity index (χ1) is 19.2. The van der Waals surface area contributed by atoms with Crippen LogP contribution in [-0.2, 0) is 41.9 Å². The predicted octanol–water partition coefficient (Wildman–Crippen LogP) is 1.72. The van der Waals surface area contributed by atoms with Crippen LogP contribution in [0.3, 0.4) is 0 Å². The highest BCUT2D eigenvalue weighted by Gasteiger charge is 2.64. The number of terminal acetylenes is 1. The van der Waals surface area contributed by atoms with Crippen molar-refractivity contribution in [1.29, 1.82) is 0 Å². The third kappa shape index (κ3) is 6.82. The zero-order chi connectivity index (χ0) is 30.6. The smallest absolute Gasteiger partial charge is 0.438 e. The van der Waals surface area contributed by atoms with E-state index in [1.807, 2.05) is 0 Å². The number of carbonyl (C=O) groups excluding carboxylic acids is 2. The molecule has 226 valence electrons. The summed E-state index contributed by atoms with van der Waals surface area (Å²) in [6.45, 7) is 3.75. The Bertz CT molecular complexity index is 1320. The van der Waals surface area contributed by atoms with Gasteiger partial charge in [0.05, 0.1) is 36.3 Å². The normalized spacial score (nSPS) is 24.6. The molecule has 0 radical (unpaired) electrons. The van der Waals surface area contributed by atoms with Crippen LogP contribution in [0.25, 0.3) is 11.2 Å². The molecule has 17 heteroatoms. The number of nitrogens with zero attached hydrogens (tertiary/aromatic N) is 3. The van der Waals surface area contributed by atoms with Gasteiger partial charge in [-0.3, -0.25) is 18.7 Å². The molecule has 0 aliphatic carbocycles. The van der Waals surface area contributed by atoms with Crippen LogP contribution in [0.15, 0.2) is 18.6 Å². The standard InChI is InChI=1S/C24H32ClN4O11P/c1-6-24(33)21(32)23(9-25,40-22(24)29-11-28-17-16(26)7-8-27-18(17)29)10-37-41(34,38-12-35-19(30)14(2)3)39-13-36-20(31)15(4)5/h1,7-8,11,14-15,21-22,32-33H,9-10,12-13H2,2-5H3,(H2,26,27)/t21-,22-,23-,24-/m1/s1. The number of hydrogen-bond acceptors (Lipinski definition) is 14. The summed E-state index contributed by atoms with van der Waals surface area (Å²) in [7, 11) is -4.69. The van der Waals surface area contributed by atoms with Crippen molar-refractivity contribution in [3.8, 4) is 12.3 Å². The number of aliphatic hydroxyl groups is 2. The van der Waals surface area contributed by atoms with Gasteiger partial charge in [0.25, 0.3) is 0 Å². The van der Waals surface area contributed by atoms with Crippen LogP contribution in [0.5, 0.6) is 0 Å². The Morgan fingerprint density at radius 1 is 1.20 bits per heavy atom. The van der Waals surface area contributed by atoms with Gasteiger partial charge in [0, 0.05) is 6.20 Å². The van der Waals surface area contributed by atoms with Gasteiger partial charge in [-0.05, 0) is 6.07 Å². The Hall–Kier alpha value is -2.80. The zero-order valence-corrected chi connectivity index (χ0v) is 24.4. The number of fused-ring (bicyclic) bond motifs is 1. The van der Waals surface area contributed by atoms with Gasteiger partial charge in [-0.2, -0.15) is 0 Å². The van der Waals surface area contributed by atoms with Gasteiger partial charge >= 0.3 is 19.8 Å². The number of aromatic nitrogens is 3. The number of nitrogens with two attached hydrogens (primary N) is 1. The molecule has 3 rings (SSSR count). The molecule has 0 bridgehead atoms. The van der Waals surface area contributed by atoms with Crippen molar-refractivity contribution in [2.24, 2.45) is 11.8 Å². The summed E-state index contributed by atoms with van der Waals surface area (Å²) in [5.41, 5.74) is 2.28. The lowest BCUT2D eigenvalue weighted by Crippen LogP contribution is -2.53. The number of aliphatic hydroxyl groups excluding tert-OH is 1. The zero-order valence-electron chi connectivity index (χ0n) is 22.8. The first-order valence-corrected chi connectivity index (χ1v) is 14.3. The minimum atomic E-state index is -4.69. The van der Waals surface area contributed by atoms with Crippen LogP contribution < -0.4 is 5.73 Å². The summed E-state index contributed by atoms with van der Waals surface area (Å²) in [4.78, 5) is 32.0. The van der Waals surface area contributed by atoms with Gasteiger partial charge in [0.2, 0.25) is 13.6 Å². The predicted molar refractivity (Wildman–Crippen MR) is 143 cm³/mol. The second-order valence-corrected chi connectivity index (χ2v) is 11.7. The molecule has 3 heterocycles. The largest absolute Gasteiger partial charge is 0.480 e. The second kappa shape index (κ2) is 13.0. The van der Waals surface area contributed by atoms with Gasteiger partial charge < -0.3 is 30.2 Å². The molecule has 2 aromatic rings. The number of nitrogen functional groups attached to an aromatic ring is 1. The van der Waals surface area contributed by atoms with Crippen molar-refractivity contribution in [2.45, 2.75) is 51.2 Å². The summed E-state index contributed by atoms with van der Waals surface area (Å²) < 4.78 is 46.0. The van der Waals surface area contributed by atoms with E-state index in [-0.39, 0.29) is 16.9 Å². The lowest BCUT2D eigenvalue weighted by Gasteiger charge is -2.31. The molecule has 1 aliphatic heterocycles. The van der Waals surface area contributed by atoms with Crippen molar-refractivity contribution in [3.63, 3.8) is 0 Å². The van der Waals surface area contributed by atoms with Crippen LogP contribution >= 0.6 is 19.4 Å². The Balaban J connectivity index is 1.86. The number of anilines is 1. The number of alkyl halides is 1. The Kier molecular flexibility index (Phi) is 10.4. The number of esters is 2. The number of phosphoric acid groups is 1. The lowest BCUT2D eigenvalue weighted by molar-refractivity contribution is -0.159. The van der Waals surface area contributed by atoms with Crippen molar-refractivity contribution in [1.82, 2.24) is 14.5 Å². The molecule has 1 aliphatic rings. The third-order valence-electron chi connectivity index (χ3n) is 6.07. The van der Waals surface area contributed by atoms with Crippen LogP contribution in [0.4, 0.5) is 5.69 Å². The minimum absolute atomic E-state index is 0.179. The fourth-order valence-corrected chi connectivity index (χ4v) is 4.89. The molecule has 2 aromatic heterocycles. The average Bonchev–Trinajstić information content (AvgIpc) is 3.46. The summed E-state index contributed by atoms with van der Waals surface area (Å²) in [5, 5.41) is 22.6. The minimum Gasteiger partial charge on any atom is -0.438 e. The van der Waals surface area contributed by atoms with Crippen molar-refractivity contribution < 1.29 is 52.1 Å². The van der Waals surface area contributed by atoms with E-state index in [2.05, 4.69) is 15.9 Å². The lowest BCUT2D eigenvalue weighted by atomic mass is 9.88. The number of hydrogen-bond donors (Lipinski definition) is 3. The van der Waals surface area contributed by atoms with Crippen molar-refractivity contribution in [3.05, 3.63) is 18.6 Å². The number of rotatable bonds is 13. The molecule has 1 fully saturated rings. The van der Waals surface area contributed by atoms with Crippen molar-refractivity contribution in [2.75, 3.05) is 31.8 Å². The quantitative estimate of drug-likeness (QED) is 0.0961. The van der Waals surface area contributed by atoms with Gasteiger partial charge in [-0.25, -0.2) is 23.6 Å². The number of imidazole rings is 1. The van der Waals surface area contributed by atoms with E-state index in [9.17, 15) is 24.4 Å². The molecule has 0 saturated carbocycles. The molecule has 1 saturated heterocycles. The summed E-state index contributed by atoms with van der Waals surface area (Å²) in [6, 6.07) is 1.52. The number of phosphoric ester groups is 1. The molecular formula is C24H32ClN4O11P. The van der Waals surface area contributed by atoms with Crippen LogP contribution in [0.2, 0.25) is 0 Å². The SMILES string of the molecule is C#C[C@@]1(O)[C@H](O)[C@@](CCl)(COP(=O)(OCOC(=O)C(C)C)OCOC(=O)C(C)C)O[C@H]1n1cnc2c(N)ccnc21. The highest BCUT2D eigenvalue weighted by molar-refractivity contribution is 7.48. The monoisotopic (exact) mass is 618 g/mol. The van der Waals surface area contributed by atoms with E-state index in [0.717, 1.165) is 0 Å². The van der Waals surface area contributed by atoms with E-state index >= 15 is 0 Å². The molecule has 15 nitrogen and oxygen atoms in total. The maximum absolute atomic E-state index is 13.4. The number of halogens is 1. The molecule has 4 atom stereocenters. The molecule has 4 N–H and O–H groups in total. The van der Waals surface area contributed by atoms with Gasteiger partial charge in [0.15, 0.2) is 17.5 Å². The maximum Gasteiger partial charge on any atom is 0.480 e. The molecule has 0 aromatic carbocycles. The van der Waals surface area contributed by atoms with Gasteiger partial charge in [0.1, 0.15) is 17.2 Å². The molecule has 0 unspecified atom stereocenters. The third-order valence-corrected chi connectivity index (χ3v) is 7.81. The van der Waals surface area contributed by atoms with E-state index in [1.165, 1.54) is 23.2 Å². The average molecular weight is 619 g/mol. The van der Waals surface area contributed by atoms with E-state index < -0.39 is 81.2 Å².